The first-order valence-corrected chi connectivity index (χ1v) is 5.95. The van der Waals surface area contributed by atoms with Crippen molar-refractivity contribution in [1.29, 1.82) is 0 Å². The van der Waals surface area contributed by atoms with E-state index < -0.39 is 23.5 Å². The number of rotatable bonds is 3. The topological polar surface area (TPSA) is 96.6 Å². The number of hydrogen-bond acceptors (Lipinski definition) is 3. The highest BCUT2D eigenvalue weighted by molar-refractivity contribution is 5.93. The Morgan fingerprint density at radius 2 is 1.85 bits per heavy atom. The van der Waals surface area contributed by atoms with Crippen LogP contribution in [0.25, 0.3) is 10.8 Å². The third-order valence-electron chi connectivity index (χ3n) is 3.17. The van der Waals surface area contributed by atoms with Crippen molar-refractivity contribution < 1.29 is 19.8 Å². The van der Waals surface area contributed by atoms with Gasteiger partial charge in [0.25, 0.3) is 5.56 Å². The van der Waals surface area contributed by atoms with E-state index in [2.05, 4.69) is 0 Å². The van der Waals surface area contributed by atoms with Crippen LogP contribution in [0.15, 0.2) is 29.1 Å². The SMILES string of the molecule is Cc1ccc2c(=O)n(C(C)C(=O)O)c(C(=O)O)cc2c1. The highest BCUT2D eigenvalue weighted by Crippen LogP contribution is 2.17. The fourth-order valence-electron chi connectivity index (χ4n) is 2.11. The second-order valence-corrected chi connectivity index (χ2v) is 4.61. The molecule has 0 saturated heterocycles. The molecule has 0 aliphatic heterocycles. The van der Waals surface area contributed by atoms with Crippen molar-refractivity contribution in [3.05, 3.63) is 45.9 Å². The van der Waals surface area contributed by atoms with Gasteiger partial charge in [0.2, 0.25) is 0 Å². The Morgan fingerprint density at radius 1 is 1.20 bits per heavy atom. The van der Waals surface area contributed by atoms with Crippen LogP contribution in [0, 0.1) is 6.92 Å². The molecule has 0 aliphatic carbocycles. The van der Waals surface area contributed by atoms with E-state index in [1.807, 2.05) is 6.92 Å². The molecular weight excluding hydrogens is 262 g/mol. The number of aliphatic carboxylic acids is 1. The molecule has 0 bridgehead atoms. The number of aryl methyl sites for hydroxylation is 1. The fraction of sp³-hybridized carbons (Fsp3) is 0.214. The van der Waals surface area contributed by atoms with Crippen LogP contribution in [0.1, 0.15) is 29.0 Å². The van der Waals surface area contributed by atoms with Crippen LogP contribution in [0.2, 0.25) is 0 Å². The lowest BCUT2D eigenvalue weighted by Crippen LogP contribution is -2.32. The monoisotopic (exact) mass is 275 g/mol. The number of carbonyl (C=O) groups is 2. The van der Waals surface area contributed by atoms with Gasteiger partial charge in [0.1, 0.15) is 11.7 Å². The van der Waals surface area contributed by atoms with Gasteiger partial charge in [0.05, 0.1) is 0 Å². The van der Waals surface area contributed by atoms with E-state index in [9.17, 15) is 19.5 Å². The smallest absolute Gasteiger partial charge is 0.352 e. The average molecular weight is 275 g/mol. The van der Waals surface area contributed by atoms with Crippen molar-refractivity contribution in [1.82, 2.24) is 4.57 Å². The van der Waals surface area contributed by atoms with Crippen molar-refractivity contribution >= 4 is 22.7 Å². The number of carboxylic acids is 2. The number of nitrogens with zero attached hydrogens (tertiary/aromatic N) is 1. The highest BCUT2D eigenvalue weighted by atomic mass is 16.4. The maximum absolute atomic E-state index is 12.3. The second kappa shape index (κ2) is 4.80. The van der Waals surface area contributed by atoms with Crippen LogP contribution in [-0.4, -0.2) is 26.7 Å². The molecule has 0 amide bonds. The summed E-state index contributed by atoms with van der Waals surface area (Å²) in [6.45, 7) is 3.10. The largest absolute Gasteiger partial charge is 0.480 e. The molecule has 104 valence electrons. The number of hydrogen-bond donors (Lipinski definition) is 2. The van der Waals surface area contributed by atoms with Gasteiger partial charge in [-0.05, 0) is 31.4 Å². The summed E-state index contributed by atoms with van der Waals surface area (Å²) in [5.74, 6) is -2.60. The van der Waals surface area contributed by atoms with Crippen LogP contribution in [-0.2, 0) is 4.79 Å². The van der Waals surface area contributed by atoms with Crippen LogP contribution in [0.3, 0.4) is 0 Å². The molecule has 0 aliphatic rings. The zero-order chi connectivity index (χ0) is 15.0. The molecule has 2 N–H and O–H groups in total. The Kier molecular flexibility index (Phi) is 3.31. The normalized spacial score (nSPS) is 12.3. The minimum absolute atomic E-state index is 0.300. The van der Waals surface area contributed by atoms with Gasteiger partial charge in [0.15, 0.2) is 0 Å². The van der Waals surface area contributed by atoms with Crippen LogP contribution < -0.4 is 5.56 Å². The molecular formula is C14H13NO5. The van der Waals surface area contributed by atoms with Crippen LogP contribution in [0.4, 0.5) is 0 Å². The minimum atomic E-state index is -1.33. The Labute approximate surface area is 113 Å². The molecule has 0 fully saturated rings. The molecule has 20 heavy (non-hydrogen) atoms. The number of fused-ring (bicyclic) bond motifs is 1. The van der Waals surface area contributed by atoms with Crippen molar-refractivity contribution in [2.45, 2.75) is 19.9 Å². The molecule has 0 spiro atoms. The molecule has 0 saturated carbocycles. The number of aromatic nitrogens is 1. The van der Waals surface area contributed by atoms with Crippen molar-refractivity contribution in [2.75, 3.05) is 0 Å². The summed E-state index contributed by atoms with van der Waals surface area (Å²) < 4.78 is 0.794. The molecule has 6 nitrogen and oxygen atoms in total. The summed E-state index contributed by atoms with van der Waals surface area (Å²) in [7, 11) is 0. The first-order chi connectivity index (χ1) is 9.32. The number of carboxylic acid groups (broad SMARTS) is 2. The standard InChI is InChI=1S/C14H13NO5/c1-7-3-4-10-9(5-7)6-11(14(19)20)15(12(10)16)8(2)13(17)18/h3-6,8H,1-2H3,(H,17,18)(H,19,20). The predicted octanol–water partition coefficient (Wildman–Crippen LogP) is 1.65. The molecule has 1 heterocycles. The molecule has 6 heteroatoms. The van der Waals surface area contributed by atoms with E-state index >= 15 is 0 Å². The predicted molar refractivity (Wildman–Crippen MR) is 72.3 cm³/mol. The van der Waals surface area contributed by atoms with E-state index in [4.69, 9.17) is 5.11 Å². The van der Waals surface area contributed by atoms with Gasteiger partial charge < -0.3 is 10.2 Å². The lowest BCUT2D eigenvalue weighted by atomic mass is 10.1. The summed E-state index contributed by atoms with van der Waals surface area (Å²) in [6, 6.07) is 5.06. The first kappa shape index (κ1) is 13.8. The van der Waals surface area contributed by atoms with Gasteiger partial charge in [-0.3, -0.25) is 9.36 Å². The third-order valence-corrected chi connectivity index (χ3v) is 3.17. The highest BCUT2D eigenvalue weighted by Gasteiger charge is 2.23. The maximum atomic E-state index is 12.3. The molecule has 2 aromatic rings. The number of aromatic carboxylic acids is 1. The lowest BCUT2D eigenvalue weighted by Gasteiger charge is -2.15. The Morgan fingerprint density at radius 3 is 2.40 bits per heavy atom. The maximum Gasteiger partial charge on any atom is 0.352 e. The molecule has 1 aromatic heterocycles. The van der Waals surface area contributed by atoms with Crippen LogP contribution in [0.5, 0.6) is 0 Å². The van der Waals surface area contributed by atoms with Crippen molar-refractivity contribution in [3.8, 4) is 0 Å². The second-order valence-electron chi connectivity index (χ2n) is 4.61. The number of pyridine rings is 1. The van der Waals surface area contributed by atoms with Crippen molar-refractivity contribution in [3.63, 3.8) is 0 Å². The lowest BCUT2D eigenvalue weighted by molar-refractivity contribution is -0.140. The minimum Gasteiger partial charge on any atom is -0.480 e. The molecule has 1 atom stereocenters. The van der Waals surface area contributed by atoms with E-state index in [0.29, 0.717) is 10.8 Å². The molecule has 1 unspecified atom stereocenters. The zero-order valence-electron chi connectivity index (χ0n) is 11.0. The fourth-order valence-corrected chi connectivity index (χ4v) is 2.11. The van der Waals surface area contributed by atoms with Gasteiger partial charge in [-0.15, -0.1) is 0 Å². The summed E-state index contributed by atoms with van der Waals surface area (Å²) >= 11 is 0. The van der Waals surface area contributed by atoms with Gasteiger partial charge in [-0.25, -0.2) is 9.59 Å². The quantitative estimate of drug-likeness (QED) is 0.887. The van der Waals surface area contributed by atoms with E-state index in [-0.39, 0.29) is 5.69 Å². The Hall–Kier alpha value is -2.63. The van der Waals surface area contributed by atoms with Crippen LogP contribution >= 0.6 is 0 Å². The summed E-state index contributed by atoms with van der Waals surface area (Å²) in [5, 5.41) is 19.0. The van der Waals surface area contributed by atoms with Gasteiger partial charge in [0, 0.05) is 5.39 Å². The van der Waals surface area contributed by atoms with E-state index in [0.717, 1.165) is 10.1 Å². The van der Waals surface area contributed by atoms with Crippen molar-refractivity contribution in [2.24, 2.45) is 0 Å². The Balaban J connectivity index is 2.91. The summed E-state index contributed by atoms with van der Waals surface area (Å²) in [6.07, 6.45) is 0. The summed E-state index contributed by atoms with van der Waals surface area (Å²) in [4.78, 5) is 34.7. The Bertz CT molecular complexity index is 775. The van der Waals surface area contributed by atoms with Gasteiger partial charge in [-0.1, -0.05) is 17.7 Å². The third kappa shape index (κ3) is 2.16. The number of benzene rings is 1. The molecule has 0 radical (unpaired) electrons. The van der Waals surface area contributed by atoms with E-state index in [1.54, 1.807) is 18.2 Å². The van der Waals surface area contributed by atoms with E-state index in [1.165, 1.54) is 13.0 Å². The van der Waals surface area contributed by atoms with Gasteiger partial charge in [-0.2, -0.15) is 0 Å². The molecule has 1 aromatic carbocycles. The first-order valence-electron chi connectivity index (χ1n) is 5.95. The summed E-state index contributed by atoms with van der Waals surface area (Å²) in [5.41, 5.74) is -0.0601. The molecule has 2 rings (SSSR count). The average Bonchev–Trinajstić information content (AvgIpc) is 2.37. The van der Waals surface area contributed by atoms with Gasteiger partial charge >= 0.3 is 11.9 Å². The zero-order valence-corrected chi connectivity index (χ0v) is 11.0.